The van der Waals surface area contributed by atoms with Gasteiger partial charge in [0, 0.05) is 12.0 Å². The highest BCUT2D eigenvalue weighted by atomic mass is 19.1. The summed E-state index contributed by atoms with van der Waals surface area (Å²) >= 11 is 0. The summed E-state index contributed by atoms with van der Waals surface area (Å²) in [5.41, 5.74) is 3.77. The Kier molecular flexibility index (Phi) is 4.30. The van der Waals surface area contributed by atoms with Gasteiger partial charge in [0.15, 0.2) is 6.10 Å². The molecule has 2 aromatic carbocycles. The number of aliphatic hydroxyl groups is 1. The van der Waals surface area contributed by atoms with Crippen LogP contribution in [0.5, 0.6) is 0 Å². The molecule has 1 heterocycles. The summed E-state index contributed by atoms with van der Waals surface area (Å²) in [6.07, 6.45) is 4.02. The maximum atomic E-state index is 13.0. The number of oxime groups is 1. The van der Waals surface area contributed by atoms with Crippen LogP contribution in [0.15, 0.2) is 59.8 Å². The van der Waals surface area contributed by atoms with Crippen LogP contribution in [0.4, 0.5) is 4.39 Å². The minimum Gasteiger partial charge on any atom is -0.392 e. The van der Waals surface area contributed by atoms with Crippen LogP contribution in [0, 0.1) is 5.82 Å². The van der Waals surface area contributed by atoms with Gasteiger partial charge < -0.3 is 9.94 Å². The summed E-state index contributed by atoms with van der Waals surface area (Å²) in [7, 11) is 0. The highest BCUT2D eigenvalue weighted by Gasteiger charge is 2.23. The van der Waals surface area contributed by atoms with E-state index in [1.54, 1.807) is 18.2 Å². The van der Waals surface area contributed by atoms with E-state index < -0.39 is 0 Å². The van der Waals surface area contributed by atoms with Gasteiger partial charge in [0.05, 0.1) is 12.3 Å². The fourth-order valence-electron chi connectivity index (χ4n) is 2.41. The van der Waals surface area contributed by atoms with Gasteiger partial charge in [-0.25, -0.2) is 4.39 Å². The van der Waals surface area contributed by atoms with Crippen LogP contribution in [0.1, 0.15) is 29.2 Å². The van der Waals surface area contributed by atoms with Crippen LogP contribution in [0.2, 0.25) is 0 Å². The second-order valence-corrected chi connectivity index (χ2v) is 5.10. The van der Waals surface area contributed by atoms with Crippen molar-refractivity contribution in [1.29, 1.82) is 0 Å². The Morgan fingerprint density at radius 2 is 2.05 bits per heavy atom. The molecule has 0 amide bonds. The van der Waals surface area contributed by atoms with Gasteiger partial charge in [0.2, 0.25) is 0 Å². The van der Waals surface area contributed by atoms with Crippen molar-refractivity contribution in [2.45, 2.75) is 12.5 Å². The fraction of sp³-hybridized carbons (Fsp3) is 0.167. The first kappa shape index (κ1) is 14.5. The maximum Gasteiger partial charge on any atom is 0.158 e. The van der Waals surface area contributed by atoms with Crippen molar-refractivity contribution < 1.29 is 14.3 Å². The predicted molar refractivity (Wildman–Crippen MR) is 83.9 cm³/mol. The minimum atomic E-state index is -0.258. The monoisotopic (exact) mass is 297 g/mol. The van der Waals surface area contributed by atoms with Gasteiger partial charge in [-0.3, -0.25) is 0 Å². The maximum absolute atomic E-state index is 13.0. The Morgan fingerprint density at radius 3 is 2.82 bits per heavy atom. The largest absolute Gasteiger partial charge is 0.392 e. The Bertz CT molecular complexity index is 707. The number of aliphatic hydroxyl groups excluding tert-OH is 1. The Morgan fingerprint density at radius 1 is 1.23 bits per heavy atom. The van der Waals surface area contributed by atoms with E-state index in [1.807, 2.05) is 30.3 Å². The molecule has 0 aliphatic carbocycles. The molecule has 4 heteroatoms. The Balaban J connectivity index is 1.74. The van der Waals surface area contributed by atoms with Gasteiger partial charge in [-0.05, 0) is 29.3 Å². The Labute approximate surface area is 128 Å². The van der Waals surface area contributed by atoms with Crippen LogP contribution in [0.25, 0.3) is 6.08 Å². The third kappa shape index (κ3) is 3.23. The number of hydrogen-bond acceptors (Lipinski definition) is 3. The number of halogens is 1. The zero-order valence-corrected chi connectivity index (χ0v) is 11.9. The van der Waals surface area contributed by atoms with Crippen molar-refractivity contribution in [1.82, 2.24) is 0 Å². The molecule has 0 saturated carbocycles. The predicted octanol–water partition coefficient (Wildman–Crippen LogP) is 3.70. The van der Waals surface area contributed by atoms with Gasteiger partial charge in [0.25, 0.3) is 0 Å². The number of rotatable bonds is 4. The molecule has 2 aromatic rings. The molecule has 0 saturated heterocycles. The smallest absolute Gasteiger partial charge is 0.158 e. The lowest BCUT2D eigenvalue weighted by atomic mass is 9.99. The molecule has 3 nitrogen and oxygen atoms in total. The first-order valence-electron chi connectivity index (χ1n) is 7.12. The van der Waals surface area contributed by atoms with Gasteiger partial charge >= 0.3 is 0 Å². The number of hydrogen-bond donors (Lipinski definition) is 1. The van der Waals surface area contributed by atoms with E-state index in [0.29, 0.717) is 6.42 Å². The van der Waals surface area contributed by atoms with Crippen molar-refractivity contribution in [3.8, 4) is 0 Å². The molecule has 112 valence electrons. The molecule has 0 radical (unpaired) electrons. The normalized spacial score (nSPS) is 17.5. The number of nitrogens with zero attached hydrogens (tertiary/aromatic N) is 1. The van der Waals surface area contributed by atoms with Crippen molar-refractivity contribution in [3.05, 3.63) is 77.1 Å². The van der Waals surface area contributed by atoms with Crippen LogP contribution < -0.4 is 0 Å². The fourth-order valence-corrected chi connectivity index (χ4v) is 2.41. The van der Waals surface area contributed by atoms with Crippen molar-refractivity contribution in [2.24, 2.45) is 5.16 Å². The molecule has 0 spiro atoms. The lowest BCUT2D eigenvalue weighted by Crippen LogP contribution is -2.01. The third-order valence-electron chi connectivity index (χ3n) is 3.55. The van der Waals surface area contributed by atoms with E-state index in [1.165, 1.54) is 12.1 Å². The summed E-state index contributed by atoms with van der Waals surface area (Å²) in [5, 5.41) is 13.0. The molecular weight excluding hydrogens is 281 g/mol. The molecule has 0 fully saturated rings. The molecule has 0 bridgehead atoms. The molecule has 1 aliphatic heterocycles. The second-order valence-electron chi connectivity index (χ2n) is 5.10. The first-order chi connectivity index (χ1) is 10.8. The molecule has 3 rings (SSSR count). The standard InChI is InChI=1S/C18H16FNO2/c19-16-8-6-14(7-9-16)18-12-17(20-22-18)15-5-1-3-13(11-15)4-2-10-21/h1-9,11,18,21H,10,12H2/b4-2-. The molecular formula is C18H16FNO2. The van der Waals surface area contributed by atoms with E-state index in [4.69, 9.17) is 9.94 Å². The lowest BCUT2D eigenvalue weighted by molar-refractivity contribution is 0.0857. The highest BCUT2D eigenvalue weighted by Crippen LogP contribution is 2.29. The lowest BCUT2D eigenvalue weighted by Gasteiger charge is -2.08. The van der Waals surface area contributed by atoms with Crippen LogP contribution in [-0.4, -0.2) is 17.4 Å². The summed E-state index contributed by atoms with van der Waals surface area (Å²) in [6.45, 7) is 0.0148. The average Bonchev–Trinajstić information content (AvgIpc) is 3.04. The molecule has 0 aromatic heterocycles. The SMILES string of the molecule is OC/C=C\c1cccc(C2=NOC(c3ccc(F)cc3)C2)c1. The van der Waals surface area contributed by atoms with Crippen molar-refractivity contribution in [3.63, 3.8) is 0 Å². The molecule has 1 atom stereocenters. The minimum absolute atomic E-state index is 0.0148. The molecule has 22 heavy (non-hydrogen) atoms. The topological polar surface area (TPSA) is 41.8 Å². The van der Waals surface area contributed by atoms with Crippen LogP contribution >= 0.6 is 0 Å². The quantitative estimate of drug-likeness (QED) is 0.935. The van der Waals surface area contributed by atoms with Crippen molar-refractivity contribution in [2.75, 3.05) is 6.61 Å². The van der Waals surface area contributed by atoms with Crippen molar-refractivity contribution >= 4 is 11.8 Å². The average molecular weight is 297 g/mol. The summed E-state index contributed by atoms with van der Waals surface area (Å²) in [4.78, 5) is 5.47. The van der Waals surface area contributed by atoms with Gasteiger partial charge in [0.1, 0.15) is 5.82 Å². The van der Waals surface area contributed by atoms with E-state index in [-0.39, 0.29) is 18.5 Å². The van der Waals surface area contributed by atoms with E-state index in [9.17, 15) is 4.39 Å². The molecule has 1 unspecified atom stereocenters. The third-order valence-corrected chi connectivity index (χ3v) is 3.55. The van der Waals surface area contributed by atoms with Gasteiger partial charge in [-0.1, -0.05) is 47.6 Å². The van der Waals surface area contributed by atoms with E-state index >= 15 is 0 Å². The van der Waals surface area contributed by atoms with Crippen LogP contribution in [0.3, 0.4) is 0 Å². The Hall–Kier alpha value is -2.46. The summed E-state index contributed by atoms with van der Waals surface area (Å²) in [6, 6.07) is 14.2. The van der Waals surface area contributed by atoms with Gasteiger partial charge in [-0.15, -0.1) is 0 Å². The first-order valence-corrected chi connectivity index (χ1v) is 7.12. The van der Waals surface area contributed by atoms with Gasteiger partial charge in [-0.2, -0.15) is 0 Å². The van der Waals surface area contributed by atoms with Crippen LogP contribution in [-0.2, 0) is 4.84 Å². The summed E-state index contributed by atoms with van der Waals surface area (Å²) < 4.78 is 13.0. The van der Waals surface area contributed by atoms with E-state index in [0.717, 1.165) is 22.4 Å². The highest BCUT2D eigenvalue weighted by molar-refractivity contribution is 6.01. The second kappa shape index (κ2) is 6.54. The van der Waals surface area contributed by atoms with E-state index in [2.05, 4.69) is 5.16 Å². The molecule has 1 N–H and O–H groups in total. The zero-order chi connectivity index (χ0) is 15.4. The number of benzene rings is 2. The zero-order valence-electron chi connectivity index (χ0n) is 11.9. The summed E-state index contributed by atoms with van der Waals surface area (Å²) in [5.74, 6) is -0.258. The molecule has 1 aliphatic rings.